The Kier molecular flexibility index (Phi) is 8.03. The number of carbonyl (C=O) groups excluding carboxylic acids is 1. The van der Waals surface area contributed by atoms with Crippen molar-refractivity contribution in [3.63, 3.8) is 0 Å². The van der Waals surface area contributed by atoms with Crippen LogP contribution in [0.4, 0.5) is 0 Å². The number of carbonyl (C=O) groups is 1. The van der Waals surface area contributed by atoms with E-state index in [1.807, 2.05) is 11.8 Å². The number of hydrogen-bond donors (Lipinski definition) is 1. The van der Waals surface area contributed by atoms with Crippen LogP contribution in [-0.4, -0.2) is 34.9 Å². The van der Waals surface area contributed by atoms with E-state index in [0.717, 1.165) is 31.6 Å². The van der Waals surface area contributed by atoms with Crippen LogP contribution < -0.4 is 5.73 Å². The number of nitrogens with two attached hydrogens (primary N) is 1. The quantitative estimate of drug-likeness (QED) is 0.900. The molecule has 4 nitrogen and oxygen atoms in total. The third-order valence-corrected chi connectivity index (χ3v) is 4.75. The van der Waals surface area contributed by atoms with E-state index in [2.05, 4.69) is 11.9 Å². The lowest BCUT2D eigenvalue weighted by Crippen LogP contribution is -2.46. The lowest BCUT2D eigenvalue weighted by molar-refractivity contribution is -0.133. The molecule has 1 saturated heterocycles. The number of hydrogen-bond acceptors (Lipinski definition) is 4. The fourth-order valence-electron chi connectivity index (χ4n) is 2.34. The van der Waals surface area contributed by atoms with Gasteiger partial charge in [-0.15, -0.1) is 36.2 Å². The first kappa shape index (κ1) is 19.6. The lowest BCUT2D eigenvalue weighted by Gasteiger charge is -2.32. The molecule has 2 atom stereocenters. The molecule has 7 heteroatoms. The van der Waals surface area contributed by atoms with Crippen molar-refractivity contribution in [1.29, 1.82) is 0 Å². The standard InChI is InChI=1S/C13H21N3OS.2ClH/c1-8(14)13(17)16-6-4-5-11(7-16)12-15-9(2)10(3)18-12;;/h8,11H,4-7,14H2,1-3H3;2*1H/t8-,11?;;/m1../s1. The van der Waals surface area contributed by atoms with Gasteiger partial charge in [0, 0.05) is 23.9 Å². The van der Waals surface area contributed by atoms with Crippen molar-refractivity contribution >= 4 is 42.1 Å². The summed E-state index contributed by atoms with van der Waals surface area (Å²) in [4.78, 5) is 19.7. The lowest BCUT2D eigenvalue weighted by atomic mass is 9.98. The third-order valence-electron chi connectivity index (χ3n) is 3.52. The van der Waals surface area contributed by atoms with Gasteiger partial charge in [0.2, 0.25) is 5.91 Å². The van der Waals surface area contributed by atoms with Crippen molar-refractivity contribution in [3.8, 4) is 0 Å². The average molecular weight is 340 g/mol. The summed E-state index contributed by atoms with van der Waals surface area (Å²) >= 11 is 1.76. The summed E-state index contributed by atoms with van der Waals surface area (Å²) in [7, 11) is 0. The normalized spacial score (nSPS) is 19.8. The Hall–Kier alpha value is -0.360. The first-order valence-electron chi connectivity index (χ1n) is 6.47. The molecule has 2 N–H and O–H groups in total. The van der Waals surface area contributed by atoms with Crippen molar-refractivity contribution in [2.75, 3.05) is 13.1 Å². The Morgan fingerprint density at radius 3 is 2.60 bits per heavy atom. The van der Waals surface area contributed by atoms with E-state index in [9.17, 15) is 4.79 Å². The van der Waals surface area contributed by atoms with Crippen LogP contribution in [0.3, 0.4) is 0 Å². The minimum atomic E-state index is -0.400. The molecule has 0 spiro atoms. The fourth-order valence-corrected chi connectivity index (χ4v) is 3.39. The summed E-state index contributed by atoms with van der Waals surface area (Å²) in [6, 6.07) is -0.400. The van der Waals surface area contributed by atoms with Gasteiger partial charge in [-0.25, -0.2) is 4.98 Å². The van der Waals surface area contributed by atoms with Gasteiger partial charge in [-0.3, -0.25) is 4.79 Å². The maximum absolute atomic E-state index is 11.9. The van der Waals surface area contributed by atoms with Crippen LogP contribution in [-0.2, 0) is 4.79 Å². The van der Waals surface area contributed by atoms with E-state index < -0.39 is 6.04 Å². The molecule has 0 aliphatic carbocycles. The molecule has 2 heterocycles. The van der Waals surface area contributed by atoms with Gasteiger partial charge in [0.1, 0.15) is 0 Å². The molecule has 116 valence electrons. The second-order valence-corrected chi connectivity index (χ2v) is 6.34. The molecule has 0 radical (unpaired) electrons. The van der Waals surface area contributed by atoms with Gasteiger partial charge in [0.05, 0.1) is 16.7 Å². The Morgan fingerprint density at radius 2 is 2.10 bits per heavy atom. The molecule has 1 fully saturated rings. The number of amides is 1. The maximum atomic E-state index is 11.9. The van der Waals surface area contributed by atoms with Crippen LogP contribution in [0.2, 0.25) is 0 Å². The van der Waals surface area contributed by atoms with Crippen molar-refractivity contribution < 1.29 is 4.79 Å². The number of likely N-dealkylation sites (tertiary alicyclic amines) is 1. The Labute approximate surface area is 137 Å². The molecule has 1 amide bonds. The second kappa shape index (κ2) is 8.17. The van der Waals surface area contributed by atoms with Gasteiger partial charge < -0.3 is 10.6 Å². The number of nitrogens with zero attached hydrogens (tertiary/aromatic N) is 2. The number of aromatic nitrogens is 1. The monoisotopic (exact) mass is 339 g/mol. The first-order chi connectivity index (χ1) is 8.49. The number of thiazole rings is 1. The zero-order valence-electron chi connectivity index (χ0n) is 12.1. The summed E-state index contributed by atoms with van der Waals surface area (Å²) in [5, 5.41) is 1.17. The summed E-state index contributed by atoms with van der Waals surface area (Å²) in [5.41, 5.74) is 6.79. The SMILES string of the molecule is Cc1nc(C2CCCN(C(=O)[C@@H](C)N)C2)sc1C.Cl.Cl. The minimum absolute atomic E-state index is 0. The van der Waals surface area contributed by atoms with Gasteiger partial charge in [0.25, 0.3) is 0 Å². The molecule has 0 saturated carbocycles. The highest BCUT2D eigenvalue weighted by Gasteiger charge is 2.28. The molecule has 1 unspecified atom stereocenters. The van der Waals surface area contributed by atoms with Crippen LogP contribution in [0, 0.1) is 13.8 Å². The number of aryl methyl sites for hydroxylation is 2. The minimum Gasteiger partial charge on any atom is -0.341 e. The van der Waals surface area contributed by atoms with Gasteiger partial charge >= 0.3 is 0 Å². The Balaban J connectivity index is 0.00000180. The highest BCUT2D eigenvalue weighted by atomic mass is 35.5. The molecule has 1 aromatic heterocycles. The number of rotatable bonds is 2. The molecule has 1 aromatic rings. The van der Waals surface area contributed by atoms with Gasteiger partial charge in [-0.1, -0.05) is 0 Å². The molecule has 0 aromatic carbocycles. The van der Waals surface area contributed by atoms with Crippen molar-refractivity contribution in [2.45, 2.75) is 45.6 Å². The van der Waals surface area contributed by atoms with Crippen molar-refractivity contribution in [2.24, 2.45) is 5.73 Å². The molecule has 1 aliphatic heterocycles. The van der Waals surface area contributed by atoms with E-state index in [1.54, 1.807) is 18.3 Å². The van der Waals surface area contributed by atoms with Gasteiger partial charge in [-0.05, 0) is 33.6 Å². The van der Waals surface area contributed by atoms with Crippen LogP contribution in [0.1, 0.15) is 41.3 Å². The van der Waals surface area contributed by atoms with Crippen molar-refractivity contribution in [3.05, 3.63) is 15.6 Å². The van der Waals surface area contributed by atoms with E-state index in [0.29, 0.717) is 5.92 Å². The zero-order chi connectivity index (χ0) is 13.3. The number of piperidine rings is 1. The van der Waals surface area contributed by atoms with Gasteiger partial charge in [-0.2, -0.15) is 0 Å². The van der Waals surface area contributed by atoms with Crippen molar-refractivity contribution in [1.82, 2.24) is 9.88 Å². The van der Waals surface area contributed by atoms with E-state index in [-0.39, 0.29) is 30.7 Å². The first-order valence-corrected chi connectivity index (χ1v) is 7.29. The smallest absolute Gasteiger partial charge is 0.239 e. The number of halogens is 2. The van der Waals surface area contributed by atoms with E-state index in [1.165, 1.54) is 9.88 Å². The predicted octanol–water partition coefficient (Wildman–Crippen LogP) is 2.66. The zero-order valence-corrected chi connectivity index (χ0v) is 14.5. The molecule has 2 rings (SSSR count). The molecular weight excluding hydrogens is 317 g/mol. The molecule has 20 heavy (non-hydrogen) atoms. The third kappa shape index (κ3) is 4.32. The molecule has 1 aliphatic rings. The summed E-state index contributed by atoms with van der Waals surface area (Å²) in [5.74, 6) is 0.448. The Morgan fingerprint density at radius 1 is 1.45 bits per heavy atom. The van der Waals surface area contributed by atoms with Crippen LogP contribution >= 0.6 is 36.2 Å². The van der Waals surface area contributed by atoms with Crippen LogP contribution in [0.25, 0.3) is 0 Å². The van der Waals surface area contributed by atoms with Gasteiger partial charge in [0.15, 0.2) is 0 Å². The Bertz CT molecular complexity index is 431. The fraction of sp³-hybridized carbons (Fsp3) is 0.692. The van der Waals surface area contributed by atoms with E-state index >= 15 is 0 Å². The van der Waals surface area contributed by atoms with Crippen LogP contribution in [0.15, 0.2) is 0 Å². The topological polar surface area (TPSA) is 59.2 Å². The van der Waals surface area contributed by atoms with Crippen LogP contribution in [0.5, 0.6) is 0 Å². The highest BCUT2D eigenvalue weighted by Crippen LogP contribution is 2.31. The average Bonchev–Trinajstić information content (AvgIpc) is 2.69. The molecular formula is C13H23Cl2N3OS. The summed E-state index contributed by atoms with van der Waals surface area (Å²) in [6.45, 7) is 7.50. The highest BCUT2D eigenvalue weighted by molar-refractivity contribution is 7.11. The second-order valence-electron chi connectivity index (χ2n) is 5.11. The largest absolute Gasteiger partial charge is 0.341 e. The summed E-state index contributed by atoms with van der Waals surface area (Å²) in [6.07, 6.45) is 2.16. The summed E-state index contributed by atoms with van der Waals surface area (Å²) < 4.78 is 0. The predicted molar refractivity (Wildman–Crippen MR) is 88.3 cm³/mol. The maximum Gasteiger partial charge on any atom is 0.239 e. The van der Waals surface area contributed by atoms with E-state index in [4.69, 9.17) is 5.73 Å². The molecule has 0 bridgehead atoms.